The van der Waals surface area contributed by atoms with Crippen LogP contribution < -0.4 is 0 Å². The first-order chi connectivity index (χ1) is 32.6. The van der Waals surface area contributed by atoms with Gasteiger partial charge in [-0.05, 0) is 96.3 Å². The predicted molar refractivity (Wildman–Crippen MR) is 288 cm³/mol. The van der Waals surface area contributed by atoms with Gasteiger partial charge in [0.15, 0.2) is 6.10 Å². The molecule has 0 aromatic carbocycles. The maximum Gasteiger partial charge on any atom is 0.306 e. The topological polar surface area (TPSA) is 61.8 Å². The van der Waals surface area contributed by atoms with E-state index in [0.717, 1.165) is 103 Å². The van der Waals surface area contributed by atoms with Crippen LogP contribution >= 0.6 is 0 Å². The van der Waals surface area contributed by atoms with Gasteiger partial charge in [-0.1, -0.05) is 239 Å². The molecule has 0 aliphatic heterocycles. The van der Waals surface area contributed by atoms with E-state index in [1.165, 1.54) is 103 Å². The van der Waals surface area contributed by atoms with Crippen molar-refractivity contribution < 1.29 is 23.8 Å². The largest absolute Gasteiger partial charge is 0.462 e. The molecule has 66 heavy (non-hydrogen) atoms. The van der Waals surface area contributed by atoms with E-state index in [1.807, 2.05) is 0 Å². The van der Waals surface area contributed by atoms with Crippen LogP contribution in [0.3, 0.4) is 0 Å². The number of rotatable bonds is 49. The fraction of sp³-hybridized carbons (Fsp3) is 0.672. The van der Waals surface area contributed by atoms with Gasteiger partial charge in [0.2, 0.25) is 0 Å². The van der Waals surface area contributed by atoms with E-state index in [2.05, 4.69) is 130 Å². The Kier molecular flexibility index (Phi) is 53.0. The highest BCUT2D eigenvalue weighted by Gasteiger charge is 2.17. The van der Waals surface area contributed by atoms with Gasteiger partial charge in [-0.3, -0.25) is 9.59 Å². The Hall–Kier alpha value is -3.44. The Morgan fingerprint density at radius 1 is 0.348 bits per heavy atom. The highest BCUT2D eigenvalue weighted by Crippen LogP contribution is 2.15. The van der Waals surface area contributed by atoms with E-state index >= 15 is 0 Å². The monoisotopic (exact) mass is 915 g/mol. The molecule has 0 aromatic heterocycles. The number of hydrogen-bond acceptors (Lipinski definition) is 5. The Balaban J connectivity index is 4.41. The van der Waals surface area contributed by atoms with E-state index in [9.17, 15) is 9.59 Å². The third-order valence-electron chi connectivity index (χ3n) is 11.3. The van der Waals surface area contributed by atoms with Crippen LogP contribution in [-0.4, -0.2) is 37.9 Å². The molecular weight excluding hydrogens is 813 g/mol. The molecule has 0 saturated carbocycles. The zero-order valence-electron chi connectivity index (χ0n) is 43.2. The molecule has 0 saturated heterocycles. The zero-order valence-corrected chi connectivity index (χ0v) is 43.2. The summed E-state index contributed by atoms with van der Waals surface area (Å²) in [7, 11) is 0. The van der Waals surface area contributed by atoms with Crippen molar-refractivity contribution in [2.75, 3.05) is 19.8 Å². The van der Waals surface area contributed by atoms with E-state index in [1.54, 1.807) is 0 Å². The highest BCUT2D eigenvalue weighted by molar-refractivity contribution is 5.70. The molecule has 0 spiro atoms. The standard InChI is InChI=1S/C61H102O5/c1-4-7-10-13-16-19-22-25-28-30-32-35-38-41-44-47-50-53-56-64-57-59(66-61(63)55-52-49-46-43-40-37-33-27-24-21-18-15-12-9-6-3)58-65-60(62)54-51-48-45-42-39-36-34-31-29-26-23-20-17-14-11-8-5-2/h8-9,11-12,17-18,20-21,26-27,29,33-34,36,40,42-43,45,59H,4-7,10,13-16,19,22-25,28,30-32,35,37-39,41,44,46-58H2,1-3H3/b11-8-,12-9-,20-17-,21-18-,29-26-,33-27-,36-34-,43-40-,45-42-. The summed E-state index contributed by atoms with van der Waals surface area (Å²) in [6.45, 7) is 7.51. The van der Waals surface area contributed by atoms with E-state index < -0.39 is 6.10 Å². The van der Waals surface area contributed by atoms with Gasteiger partial charge in [-0.15, -0.1) is 0 Å². The molecule has 0 aliphatic carbocycles. The smallest absolute Gasteiger partial charge is 0.306 e. The third-order valence-corrected chi connectivity index (χ3v) is 11.3. The van der Waals surface area contributed by atoms with Crippen molar-refractivity contribution in [1.82, 2.24) is 0 Å². The summed E-state index contributed by atoms with van der Waals surface area (Å²) in [5.41, 5.74) is 0. The van der Waals surface area contributed by atoms with Crippen molar-refractivity contribution >= 4 is 11.9 Å². The molecule has 1 unspecified atom stereocenters. The number of unbranched alkanes of at least 4 members (excludes halogenated alkanes) is 20. The molecular formula is C61H102O5. The molecule has 0 bridgehead atoms. The van der Waals surface area contributed by atoms with Gasteiger partial charge in [0.05, 0.1) is 6.61 Å². The Morgan fingerprint density at radius 2 is 0.697 bits per heavy atom. The lowest BCUT2D eigenvalue weighted by Crippen LogP contribution is -2.30. The number of ether oxygens (including phenoxy) is 3. The van der Waals surface area contributed by atoms with Gasteiger partial charge >= 0.3 is 11.9 Å². The van der Waals surface area contributed by atoms with Crippen molar-refractivity contribution in [2.24, 2.45) is 0 Å². The Morgan fingerprint density at radius 3 is 1.11 bits per heavy atom. The minimum atomic E-state index is -0.586. The predicted octanol–water partition coefficient (Wildman–Crippen LogP) is 18.8. The molecule has 0 N–H and O–H groups in total. The number of esters is 2. The van der Waals surface area contributed by atoms with Gasteiger partial charge in [0, 0.05) is 19.4 Å². The van der Waals surface area contributed by atoms with Gasteiger partial charge in [0.25, 0.3) is 0 Å². The minimum absolute atomic E-state index is 0.0350. The fourth-order valence-corrected chi connectivity index (χ4v) is 7.30. The highest BCUT2D eigenvalue weighted by atomic mass is 16.6. The SMILES string of the molecule is CC/C=C\C/C=C\C/C=C\C/C=C\C/C=C\CCCC(=O)OCC(COCCCCCCCCCCCCCCCCCCCC)OC(=O)CCCC/C=C\C/C=C\C/C=C\C/C=C\CC. The first-order valence-corrected chi connectivity index (χ1v) is 27.4. The minimum Gasteiger partial charge on any atom is -0.462 e. The van der Waals surface area contributed by atoms with Crippen molar-refractivity contribution in [3.8, 4) is 0 Å². The molecule has 0 radical (unpaired) electrons. The molecule has 0 amide bonds. The van der Waals surface area contributed by atoms with Crippen LogP contribution in [0.1, 0.15) is 239 Å². The second-order valence-electron chi connectivity index (χ2n) is 17.7. The molecule has 0 fully saturated rings. The molecule has 376 valence electrons. The molecule has 5 nitrogen and oxygen atoms in total. The molecule has 0 heterocycles. The van der Waals surface area contributed by atoms with Crippen LogP contribution in [0, 0.1) is 0 Å². The number of hydrogen-bond donors (Lipinski definition) is 0. The molecule has 5 heteroatoms. The summed E-state index contributed by atoms with van der Waals surface area (Å²) in [4.78, 5) is 25.4. The van der Waals surface area contributed by atoms with Gasteiger partial charge in [-0.2, -0.15) is 0 Å². The van der Waals surface area contributed by atoms with E-state index in [0.29, 0.717) is 19.4 Å². The summed E-state index contributed by atoms with van der Waals surface area (Å²) < 4.78 is 17.4. The van der Waals surface area contributed by atoms with Crippen LogP contribution in [0.25, 0.3) is 0 Å². The van der Waals surface area contributed by atoms with Gasteiger partial charge < -0.3 is 14.2 Å². The number of carbonyl (C=O) groups is 2. The fourth-order valence-electron chi connectivity index (χ4n) is 7.30. The van der Waals surface area contributed by atoms with Crippen molar-refractivity contribution in [2.45, 2.75) is 245 Å². The van der Waals surface area contributed by atoms with Crippen molar-refractivity contribution in [1.29, 1.82) is 0 Å². The number of carbonyl (C=O) groups excluding carboxylic acids is 2. The van der Waals surface area contributed by atoms with Crippen LogP contribution in [0.15, 0.2) is 109 Å². The van der Waals surface area contributed by atoms with Crippen LogP contribution in [0.2, 0.25) is 0 Å². The second-order valence-corrected chi connectivity index (χ2v) is 17.7. The lowest BCUT2D eigenvalue weighted by atomic mass is 10.0. The van der Waals surface area contributed by atoms with Crippen LogP contribution in [-0.2, 0) is 23.8 Å². The first kappa shape index (κ1) is 62.6. The molecule has 1 atom stereocenters. The normalized spacial score (nSPS) is 13.1. The van der Waals surface area contributed by atoms with Gasteiger partial charge in [0.1, 0.15) is 6.61 Å². The first-order valence-electron chi connectivity index (χ1n) is 27.4. The lowest BCUT2D eigenvalue weighted by molar-refractivity contribution is -0.162. The van der Waals surface area contributed by atoms with Crippen LogP contribution in [0.4, 0.5) is 0 Å². The van der Waals surface area contributed by atoms with Crippen molar-refractivity contribution in [3.63, 3.8) is 0 Å². The summed E-state index contributed by atoms with van der Waals surface area (Å²) in [6, 6.07) is 0. The molecule has 0 aliphatic rings. The summed E-state index contributed by atoms with van der Waals surface area (Å²) in [6.07, 6.45) is 76.9. The molecule has 0 aromatic rings. The Labute approximate surface area is 408 Å². The average molecular weight is 915 g/mol. The second kappa shape index (κ2) is 55.9. The van der Waals surface area contributed by atoms with Crippen molar-refractivity contribution in [3.05, 3.63) is 109 Å². The lowest BCUT2D eigenvalue weighted by Gasteiger charge is -2.18. The third kappa shape index (κ3) is 53.2. The average Bonchev–Trinajstić information content (AvgIpc) is 3.32. The number of allylic oxidation sites excluding steroid dienone is 18. The van der Waals surface area contributed by atoms with Gasteiger partial charge in [-0.25, -0.2) is 0 Å². The van der Waals surface area contributed by atoms with Crippen LogP contribution in [0.5, 0.6) is 0 Å². The zero-order chi connectivity index (χ0) is 47.7. The summed E-state index contributed by atoms with van der Waals surface area (Å²) >= 11 is 0. The summed E-state index contributed by atoms with van der Waals surface area (Å²) in [5, 5.41) is 0. The van der Waals surface area contributed by atoms with E-state index in [-0.39, 0.29) is 25.2 Å². The quantitative estimate of drug-likeness (QED) is 0.0346. The Bertz CT molecular complexity index is 1310. The summed E-state index contributed by atoms with van der Waals surface area (Å²) in [5.74, 6) is -0.513. The maximum atomic E-state index is 12.8. The maximum absolute atomic E-state index is 12.8. The van der Waals surface area contributed by atoms with E-state index in [4.69, 9.17) is 14.2 Å². The molecule has 0 rings (SSSR count).